The molecule has 1 N–H and O–H groups in total. The number of ether oxygens (including phenoxy) is 1. The molecule has 0 spiro atoms. The largest absolute Gasteiger partial charge is 0.489 e. The summed E-state index contributed by atoms with van der Waals surface area (Å²) in [5, 5.41) is 3.59. The quantitative estimate of drug-likeness (QED) is 0.624. The lowest BCUT2D eigenvalue weighted by atomic mass is 10.1. The zero-order valence-corrected chi connectivity index (χ0v) is 16.0. The summed E-state index contributed by atoms with van der Waals surface area (Å²) in [6.07, 6.45) is 3.61. The Labute approximate surface area is 161 Å². The molecule has 0 aliphatic carbocycles. The lowest BCUT2D eigenvalue weighted by Crippen LogP contribution is -2.30. The second-order valence-electron chi connectivity index (χ2n) is 6.78. The van der Waals surface area contributed by atoms with Gasteiger partial charge in [-0.15, -0.1) is 0 Å². The number of nitrogens with one attached hydrogen (secondary N) is 1. The number of hydrogen-bond donors (Lipinski definition) is 1. The second kappa shape index (κ2) is 9.86. The molecule has 0 radical (unpaired) electrons. The van der Waals surface area contributed by atoms with Gasteiger partial charge in [0.05, 0.1) is 0 Å². The molecule has 3 rings (SSSR count). The molecule has 3 aromatic rings. The number of nitrogens with zero attached hydrogens (tertiary/aromatic N) is 2. The minimum absolute atomic E-state index is 0.328. The van der Waals surface area contributed by atoms with Crippen LogP contribution in [0.3, 0.4) is 0 Å². The minimum atomic E-state index is 0.328. The van der Waals surface area contributed by atoms with Crippen molar-refractivity contribution in [1.82, 2.24) is 15.2 Å². The van der Waals surface area contributed by atoms with Gasteiger partial charge in [-0.25, -0.2) is 0 Å². The highest BCUT2D eigenvalue weighted by Gasteiger charge is 2.13. The summed E-state index contributed by atoms with van der Waals surface area (Å²) in [5.74, 6) is 0.912. The maximum atomic E-state index is 6.02. The highest BCUT2D eigenvalue weighted by molar-refractivity contribution is 5.33. The number of pyridine rings is 1. The third-order valence-corrected chi connectivity index (χ3v) is 4.55. The van der Waals surface area contributed by atoms with E-state index in [1.165, 1.54) is 5.56 Å². The number of aromatic nitrogens is 1. The van der Waals surface area contributed by atoms with Gasteiger partial charge in [-0.2, -0.15) is 0 Å². The van der Waals surface area contributed by atoms with Crippen molar-refractivity contribution in [2.75, 3.05) is 20.6 Å². The number of likely N-dealkylation sites (N-methyl/N-ethyl adjacent to an activating group) is 1. The van der Waals surface area contributed by atoms with E-state index < -0.39 is 0 Å². The van der Waals surface area contributed by atoms with E-state index in [0.29, 0.717) is 12.6 Å². The van der Waals surface area contributed by atoms with Crippen molar-refractivity contribution in [2.45, 2.75) is 19.2 Å². The Morgan fingerprint density at radius 2 is 1.74 bits per heavy atom. The molecule has 140 valence electrons. The highest BCUT2D eigenvalue weighted by atomic mass is 16.5. The summed E-state index contributed by atoms with van der Waals surface area (Å²) in [4.78, 5) is 6.38. The van der Waals surface area contributed by atoms with Gasteiger partial charge in [0.1, 0.15) is 12.4 Å². The fourth-order valence-corrected chi connectivity index (χ4v) is 3.05. The molecule has 1 heterocycles. The number of hydrogen-bond acceptors (Lipinski definition) is 4. The molecule has 0 saturated carbocycles. The van der Waals surface area contributed by atoms with Crippen LogP contribution in [0.2, 0.25) is 0 Å². The SMILES string of the molecule is CN(C)C(CNCc1ccccc1OCc1cccnc1)c1ccccc1. The van der Waals surface area contributed by atoms with E-state index in [1.807, 2.05) is 30.5 Å². The first-order valence-electron chi connectivity index (χ1n) is 9.26. The highest BCUT2D eigenvalue weighted by Crippen LogP contribution is 2.20. The van der Waals surface area contributed by atoms with Crippen LogP contribution < -0.4 is 10.1 Å². The van der Waals surface area contributed by atoms with E-state index in [2.05, 4.69) is 71.8 Å². The molecule has 1 aromatic heterocycles. The van der Waals surface area contributed by atoms with Gasteiger partial charge >= 0.3 is 0 Å². The molecule has 0 amide bonds. The van der Waals surface area contributed by atoms with Gasteiger partial charge in [-0.05, 0) is 31.8 Å². The smallest absolute Gasteiger partial charge is 0.124 e. The van der Waals surface area contributed by atoms with Gasteiger partial charge in [-0.3, -0.25) is 4.98 Å². The molecule has 4 nitrogen and oxygen atoms in total. The van der Waals surface area contributed by atoms with E-state index >= 15 is 0 Å². The van der Waals surface area contributed by atoms with Crippen LogP contribution in [0.5, 0.6) is 5.75 Å². The van der Waals surface area contributed by atoms with E-state index in [4.69, 9.17) is 4.74 Å². The maximum absolute atomic E-state index is 6.02. The summed E-state index contributed by atoms with van der Waals surface area (Å²) in [6.45, 7) is 2.16. The number of benzene rings is 2. The molecular weight excluding hydrogens is 334 g/mol. The molecular formula is C23H27N3O. The molecule has 0 bridgehead atoms. The van der Waals surface area contributed by atoms with Crippen LogP contribution in [0, 0.1) is 0 Å². The van der Waals surface area contributed by atoms with Crippen LogP contribution in [0.4, 0.5) is 0 Å². The fourth-order valence-electron chi connectivity index (χ4n) is 3.05. The standard InChI is InChI=1S/C23H27N3O/c1-26(2)22(20-10-4-3-5-11-20)17-25-16-21-12-6-7-13-23(21)27-18-19-9-8-14-24-15-19/h3-15,22,25H,16-18H2,1-2H3. The maximum Gasteiger partial charge on any atom is 0.124 e. The van der Waals surface area contributed by atoms with Crippen molar-refractivity contribution < 1.29 is 4.74 Å². The Kier molecular flexibility index (Phi) is 6.97. The average Bonchev–Trinajstić information content (AvgIpc) is 2.71. The van der Waals surface area contributed by atoms with Crippen molar-refractivity contribution >= 4 is 0 Å². The number of rotatable bonds is 9. The molecule has 1 atom stereocenters. The summed E-state index contributed by atoms with van der Waals surface area (Å²) in [5.41, 5.74) is 3.54. The Bertz CT molecular complexity index is 806. The fraction of sp³-hybridized carbons (Fsp3) is 0.261. The second-order valence-corrected chi connectivity index (χ2v) is 6.78. The monoisotopic (exact) mass is 361 g/mol. The predicted molar refractivity (Wildman–Crippen MR) is 110 cm³/mol. The molecule has 0 aliphatic rings. The van der Waals surface area contributed by atoms with E-state index in [9.17, 15) is 0 Å². The number of para-hydroxylation sites is 1. The summed E-state index contributed by atoms with van der Waals surface area (Å²) < 4.78 is 6.02. The van der Waals surface area contributed by atoms with Crippen LogP contribution in [-0.4, -0.2) is 30.5 Å². The van der Waals surface area contributed by atoms with Crippen LogP contribution in [0.15, 0.2) is 79.1 Å². The third-order valence-electron chi connectivity index (χ3n) is 4.55. The van der Waals surface area contributed by atoms with Gasteiger partial charge in [-0.1, -0.05) is 54.6 Å². The van der Waals surface area contributed by atoms with Crippen molar-refractivity contribution in [3.05, 3.63) is 95.8 Å². The van der Waals surface area contributed by atoms with Gasteiger partial charge in [0.15, 0.2) is 0 Å². The van der Waals surface area contributed by atoms with E-state index in [0.717, 1.165) is 30.0 Å². The Balaban J connectivity index is 1.59. The van der Waals surface area contributed by atoms with Crippen LogP contribution >= 0.6 is 0 Å². The van der Waals surface area contributed by atoms with Crippen molar-refractivity contribution in [2.24, 2.45) is 0 Å². The van der Waals surface area contributed by atoms with Crippen LogP contribution in [0.25, 0.3) is 0 Å². The van der Waals surface area contributed by atoms with Gasteiger partial charge in [0.25, 0.3) is 0 Å². The summed E-state index contributed by atoms with van der Waals surface area (Å²) in [6, 6.07) is 23.1. The molecule has 2 aromatic carbocycles. The van der Waals surface area contributed by atoms with Gasteiger partial charge in [0, 0.05) is 42.7 Å². The normalized spacial score (nSPS) is 12.1. The Hall–Kier alpha value is -2.69. The van der Waals surface area contributed by atoms with Gasteiger partial charge < -0.3 is 15.0 Å². The first-order valence-corrected chi connectivity index (χ1v) is 9.26. The summed E-state index contributed by atoms with van der Waals surface area (Å²) in [7, 11) is 4.23. The summed E-state index contributed by atoms with van der Waals surface area (Å²) >= 11 is 0. The average molecular weight is 361 g/mol. The van der Waals surface area contributed by atoms with Crippen molar-refractivity contribution in [3.8, 4) is 5.75 Å². The van der Waals surface area contributed by atoms with E-state index in [1.54, 1.807) is 6.20 Å². The predicted octanol–water partition coefficient (Wildman–Crippen LogP) is 4.05. The topological polar surface area (TPSA) is 37.4 Å². The van der Waals surface area contributed by atoms with E-state index in [-0.39, 0.29) is 0 Å². The molecule has 27 heavy (non-hydrogen) atoms. The Morgan fingerprint density at radius 3 is 2.48 bits per heavy atom. The van der Waals surface area contributed by atoms with Gasteiger partial charge in [0.2, 0.25) is 0 Å². The zero-order valence-electron chi connectivity index (χ0n) is 16.0. The van der Waals surface area contributed by atoms with Crippen LogP contribution in [-0.2, 0) is 13.2 Å². The minimum Gasteiger partial charge on any atom is -0.489 e. The molecule has 0 fully saturated rings. The zero-order chi connectivity index (χ0) is 18.9. The third kappa shape index (κ3) is 5.64. The first kappa shape index (κ1) is 19.1. The van der Waals surface area contributed by atoms with Crippen LogP contribution in [0.1, 0.15) is 22.7 Å². The lowest BCUT2D eigenvalue weighted by molar-refractivity contribution is 0.284. The van der Waals surface area contributed by atoms with Crippen molar-refractivity contribution in [1.29, 1.82) is 0 Å². The van der Waals surface area contributed by atoms with Crippen molar-refractivity contribution in [3.63, 3.8) is 0 Å². The lowest BCUT2D eigenvalue weighted by Gasteiger charge is -2.25. The first-order chi connectivity index (χ1) is 13.2. The molecule has 0 saturated heterocycles. The molecule has 0 aliphatic heterocycles. The Morgan fingerprint density at radius 1 is 0.963 bits per heavy atom. The molecule has 4 heteroatoms. The molecule has 1 unspecified atom stereocenters.